The summed E-state index contributed by atoms with van der Waals surface area (Å²) in [6.07, 6.45) is 0. The normalized spacial score (nSPS) is 12.0. The third kappa shape index (κ3) is 2.05. The first-order valence-electron chi connectivity index (χ1n) is 9.13. The molecule has 0 aliphatic rings. The molecule has 6 nitrogen and oxygen atoms in total. The minimum Gasteiger partial charge on any atom is -0.326 e. The second kappa shape index (κ2) is 6.04. The second-order valence-corrected chi connectivity index (χ2v) is 7.27. The maximum absolute atomic E-state index is 13.8. The van der Waals surface area contributed by atoms with Crippen LogP contribution in [0.5, 0.6) is 0 Å². The Morgan fingerprint density at radius 1 is 0.900 bits per heavy atom. The van der Waals surface area contributed by atoms with Gasteiger partial charge in [0.25, 0.3) is 11.1 Å². The molecule has 0 aliphatic heterocycles. The summed E-state index contributed by atoms with van der Waals surface area (Å²) in [6, 6.07) is 9.86. The molecular formula is C22H14ClFN4O2. The van der Waals surface area contributed by atoms with Gasteiger partial charge in [-0.1, -0.05) is 18.2 Å². The lowest BCUT2D eigenvalue weighted by atomic mass is 10.0. The van der Waals surface area contributed by atoms with Gasteiger partial charge in [0.05, 0.1) is 32.8 Å². The molecule has 0 spiro atoms. The average molecular weight is 421 g/mol. The predicted molar refractivity (Wildman–Crippen MR) is 119 cm³/mol. The first kappa shape index (κ1) is 18.6. The lowest BCUT2D eigenvalue weighted by molar-refractivity contribution is 0.629. The van der Waals surface area contributed by atoms with Crippen molar-refractivity contribution in [2.75, 3.05) is 0 Å². The van der Waals surface area contributed by atoms with E-state index in [0.29, 0.717) is 55.5 Å². The highest BCUT2D eigenvalue weighted by Gasteiger charge is 2.25. The Hall–Kier alpha value is -3.42. The summed E-state index contributed by atoms with van der Waals surface area (Å²) in [5.74, 6) is -0.418. The van der Waals surface area contributed by atoms with E-state index in [1.54, 1.807) is 6.07 Å². The van der Waals surface area contributed by atoms with Crippen LogP contribution in [0.15, 0.2) is 46.0 Å². The van der Waals surface area contributed by atoms with Crippen LogP contribution in [0.1, 0.15) is 5.56 Å². The zero-order valence-corrected chi connectivity index (χ0v) is 16.5. The van der Waals surface area contributed by atoms with Crippen LogP contribution in [-0.4, -0.2) is 14.5 Å². The molecule has 0 fully saturated rings. The molecule has 6 rings (SSSR count). The van der Waals surface area contributed by atoms with Crippen molar-refractivity contribution >= 4 is 66.8 Å². The number of halogens is 2. The maximum atomic E-state index is 13.8. The van der Waals surface area contributed by atoms with E-state index >= 15 is 0 Å². The molecule has 6 aromatic rings. The lowest BCUT2D eigenvalue weighted by Gasteiger charge is -1.98. The smallest absolute Gasteiger partial charge is 0.262 e. The molecule has 0 saturated carbocycles. The van der Waals surface area contributed by atoms with Gasteiger partial charge in [-0.2, -0.15) is 0 Å². The summed E-state index contributed by atoms with van der Waals surface area (Å²) < 4.78 is 14.9. The maximum Gasteiger partial charge on any atom is 0.262 e. The summed E-state index contributed by atoms with van der Waals surface area (Å²) in [7, 11) is 1.46. The Kier molecular flexibility index (Phi) is 3.75. The highest BCUT2D eigenvalue weighted by Crippen LogP contribution is 2.40. The number of aromatic nitrogens is 3. The van der Waals surface area contributed by atoms with Crippen LogP contribution < -0.4 is 16.9 Å². The van der Waals surface area contributed by atoms with Crippen molar-refractivity contribution in [3.63, 3.8) is 0 Å². The van der Waals surface area contributed by atoms with E-state index in [4.69, 9.17) is 10.7 Å². The molecule has 3 aromatic heterocycles. The Morgan fingerprint density at radius 2 is 1.57 bits per heavy atom. The number of nitrogens with zero attached hydrogens (tertiary/aromatic N) is 3. The van der Waals surface area contributed by atoms with E-state index in [1.165, 1.54) is 19.2 Å². The fourth-order valence-corrected chi connectivity index (χ4v) is 4.45. The molecule has 0 atom stereocenters. The summed E-state index contributed by atoms with van der Waals surface area (Å²) >= 11 is 0. The predicted octanol–water partition coefficient (Wildman–Crippen LogP) is 3.20. The van der Waals surface area contributed by atoms with Crippen LogP contribution in [0.25, 0.3) is 54.4 Å². The number of benzene rings is 3. The number of hydrogen-bond acceptors (Lipinski definition) is 5. The zero-order chi connectivity index (χ0) is 20.0. The summed E-state index contributed by atoms with van der Waals surface area (Å²) in [5, 5.41) is 3.17. The van der Waals surface area contributed by atoms with Crippen LogP contribution in [0.3, 0.4) is 0 Å². The van der Waals surface area contributed by atoms with Gasteiger partial charge in [0.1, 0.15) is 5.82 Å². The molecule has 0 unspecified atom stereocenters. The number of para-hydroxylation sites is 1. The molecule has 148 valence electrons. The third-order valence-electron chi connectivity index (χ3n) is 5.78. The molecule has 3 aromatic carbocycles. The van der Waals surface area contributed by atoms with Crippen LogP contribution in [0, 0.1) is 5.82 Å². The molecule has 3 heterocycles. The Labute approximate surface area is 173 Å². The van der Waals surface area contributed by atoms with Crippen molar-refractivity contribution in [1.29, 1.82) is 0 Å². The number of hydrogen-bond donors (Lipinski definition) is 1. The molecule has 0 aliphatic carbocycles. The highest BCUT2D eigenvalue weighted by atomic mass is 35.5. The molecule has 0 radical (unpaired) electrons. The van der Waals surface area contributed by atoms with Gasteiger partial charge in [-0.15, -0.1) is 12.4 Å². The monoisotopic (exact) mass is 420 g/mol. The largest absolute Gasteiger partial charge is 0.326 e. The van der Waals surface area contributed by atoms with E-state index in [-0.39, 0.29) is 23.5 Å². The van der Waals surface area contributed by atoms with Gasteiger partial charge in [-0.3, -0.25) is 14.2 Å². The van der Waals surface area contributed by atoms with Crippen molar-refractivity contribution in [3.8, 4) is 0 Å². The second-order valence-electron chi connectivity index (χ2n) is 7.27. The lowest BCUT2D eigenvalue weighted by Crippen LogP contribution is -2.21. The quantitative estimate of drug-likeness (QED) is 0.441. The van der Waals surface area contributed by atoms with E-state index in [0.717, 1.165) is 15.5 Å². The summed E-state index contributed by atoms with van der Waals surface area (Å²) in [6.45, 7) is 0.292. The minimum atomic E-state index is -0.418. The topological polar surface area (TPSA) is 90.9 Å². The zero-order valence-electron chi connectivity index (χ0n) is 15.7. The van der Waals surface area contributed by atoms with Crippen molar-refractivity contribution < 1.29 is 4.39 Å². The van der Waals surface area contributed by atoms with Gasteiger partial charge in [-0.05, 0) is 17.7 Å². The van der Waals surface area contributed by atoms with Crippen molar-refractivity contribution in [2.45, 2.75) is 6.54 Å². The summed E-state index contributed by atoms with van der Waals surface area (Å²) in [5.41, 5.74) is 8.10. The Bertz CT molecular complexity index is 1760. The average Bonchev–Trinajstić information content (AvgIpc) is 3.34. The van der Waals surface area contributed by atoms with E-state index in [9.17, 15) is 14.0 Å². The van der Waals surface area contributed by atoms with Gasteiger partial charge in [-0.25, -0.2) is 14.4 Å². The fraction of sp³-hybridized carbons (Fsp3) is 0.0909. The van der Waals surface area contributed by atoms with Crippen LogP contribution in [0.2, 0.25) is 0 Å². The number of rotatable bonds is 1. The van der Waals surface area contributed by atoms with E-state index < -0.39 is 5.82 Å². The van der Waals surface area contributed by atoms with Crippen LogP contribution in [-0.2, 0) is 13.6 Å². The van der Waals surface area contributed by atoms with Gasteiger partial charge >= 0.3 is 0 Å². The number of fused-ring (bicyclic) bond motifs is 10. The molecule has 30 heavy (non-hydrogen) atoms. The molecule has 0 amide bonds. The van der Waals surface area contributed by atoms with E-state index in [2.05, 4.69) is 4.98 Å². The van der Waals surface area contributed by atoms with Gasteiger partial charge < -0.3 is 5.73 Å². The standard InChI is InChI=1S/C22H13FN4O2.ClH/c1-27-21(28)16-14-11-6-5-10(23)7-13(11)25-19(14)20-15(17(16)22(27)29)12-4-2-3-9(8-24)18(12)26-20;/h2-7H,8,24H2,1H3;1H. The van der Waals surface area contributed by atoms with E-state index in [1.807, 2.05) is 18.2 Å². The van der Waals surface area contributed by atoms with Crippen LogP contribution >= 0.6 is 12.4 Å². The van der Waals surface area contributed by atoms with Crippen molar-refractivity contribution in [2.24, 2.45) is 12.8 Å². The molecule has 2 N–H and O–H groups in total. The molecular weight excluding hydrogens is 407 g/mol. The SMILES string of the molecule is Cl.Cn1c(=O)c2c(c1=O)c1c3cccc(CN)c3nc1c1nc3cc(F)ccc3c12. The van der Waals surface area contributed by atoms with Gasteiger partial charge in [0.15, 0.2) is 0 Å². The summed E-state index contributed by atoms with van der Waals surface area (Å²) in [4.78, 5) is 35.4. The first-order chi connectivity index (χ1) is 14.0. The third-order valence-corrected chi connectivity index (χ3v) is 5.78. The van der Waals surface area contributed by atoms with Gasteiger partial charge in [0.2, 0.25) is 0 Å². The minimum absolute atomic E-state index is 0. The Morgan fingerprint density at radius 3 is 2.27 bits per heavy atom. The number of nitrogens with two attached hydrogens (primary N) is 1. The first-order valence-corrected chi connectivity index (χ1v) is 9.13. The van der Waals surface area contributed by atoms with Crippen molar-refractivity contribution in [1.82, 2.24) is 14.5 Å². The van der Waals surface area contributed by atoms with Crippen LogP contribution in [0.4, 0.5) is 4.39 Å². The fourth-order valence-electron chi connectivity index (χ4n) is 4.45. The Balaban J connectivity index is 0.00000193. The van der Waals surface area contributed by atoms with Gasteiger partial charge in [0, 0.05) is 41.2 Å². The molecule has 0 bridgehead atoms. The molecule has 0 saturated heterocycles. The molecule has 8 heteroatoms. The highest BCUT2D eigenvalue weighted by molar-refractivity contribution is 6.35. The van der Waals surface area contributed by atoms with Crippen molar-refractivity contribution in [3.05, 3.63) is 68.5 Å².